The summed E-state index contributed by atoms with van der Waals surface area (Å²) in [6.07, 6.45) is 25.1. The maximum absolute atomic E-state index is 2.60. The number of hydrogen-bond donors (Lipinski definition) is 0. The molecule has 4 aliphatic rings. The summed E-state index contributed by atoms with van der Waals surface area (Å²) >= 11 is 0. The smallest absolute Gasteiger partial charge is 0.0626 e. The highest BCUT2D eigenvalue weighted by atomic mass is 15.2. The maximum atomic E-state index is 2.60. The summed E-state index contributed by atoms with van der Waals surface area (Å²) in [5, 5.41) is 2.56. The van der Waals surface area contributed by atoms with Crippen molar-refractivity contribution in [2.75, 3.05) is 9.80 Å². The molecule has 1 heterocycles. The Bertz CT molecular complexity index is 2800. The van der Waals surface area contributed by atoms with Gasteiger partial charge in [0, 0.05) is 34.4 Å². The van der Waals surface area contributed by atoms with Gasteiger partial charge in [-0.2, -0.15) is 0 Å². The van der Waals surface area contributed by atoms with E-state index in [0.29, 0.717) is 0 Å². The van der Waals surface area contributed by atoms with Crippen molar-refractivity contribution in [2.45, 2.75) is 37.6 Å². The van der Waals surface area contributed by atoms with E-state index in [1.165, 1.54) is 72.2 Å². The molecule has 2 heteroatoms. The molecule has 7 aromatic rings. The molecule has 0 saturated carbocycles. The monoisotopic (exact) mass is 744 g/mol. The van der Waals surface area contributed by atoms with E-state index in [-0.39, 0.29) is 12.0 Å². The Morgan fingerprint density at radius 2 is 1.24 bits per heavy atom. The van der Waals surface area contributed by atoms with E-state index < -0.39 is 0 Å². The van der Waals surface area contributed by atoms with Crippen LogP contribution in [0.4, 0.5) is 22.7 Å². The van der Waals surface area contributed by atoms with Crippen LogP contribution in [0.2, 0.25) is 0 Å². The van der Waals surface area contributed by atoms with Crippen molar-refractivity contribution in [3.8, 4) is 33.4 Å². The normalized spacial score (nSPS) is 17.5. The molecule has 2 unspecified atom stereocenters. The lowest BCUT2D eigenvalue weighted by Gasteiger charge is -2.31. The van der Waals surface area contributed by atoms with E-state index in [1.807, 2.05) is 0 Å². The van der Waals surface area contributed by atoms with Gasteiger partial charge in [0.2, 0.25) is 0 Å². The van der Waals surface area contributed by atoms with Crippen molar-refractivity contribution in [3.05, 3.63) is 223 Å². The number of allylic oxidation sites excluding steroid dienone is 7. The van der Waals surface area contributed by atoms with Crippen LogP contribution in [0.5, 0.6) is 0 Å². The minimum Gasteiger partial charge on any atom is -0.337 e. The lowest BCUT2D eigenvalue weighted by molar-refractivity contribution is 0.701. The van der Waals surface area contributed by atoms with Gasteiger partial charge in [0.25, 0.3) is 0 Å². The van der Waals surface area contributed by atoms with Crippen LogP contribution in [0.25, 0.3) is 50.2 Å². The molecule has 11 rings (SSSR count). The fourth-order valence-corrected chi connectivity index (χ4v) is 9.75. The van der Waals surface area contributed by atoms with Crippen LogP contribution >= 0.6 is 0 Å². The predicted octanol–water partition coefficient (Wildman–Crippen LogP) is 14.9. The second kappa shape index (κ2) is 14.6. The minimum atomic E-state index is 0.272. The highest BCUT2D eigenvalue weighted by Gasteiger charge is 2.39. The number of hydrogen-bond acceptors (Lipinski definition) is 2. The Labute approximate surface area is 341 Å². The number of nitrogens with zero attached hydrogens (tertiary/aromatic N) is 2. The first-order chi connectivity index (χ1) is 28.8. The number of aryl methyl sites for hydroxylation is 1. The van der Waals surface area contributed by atoms with Crippen LogP contribution in [0.15, 0.2) is 206 Å². The Balaban J connectivity index is 1.11. The Hall–Kier alpha value is -6.90. The van der Waals surface area contributed by atoms with Crippen molar-refractivity contribution in [2.24, 2.45) is 0 Å². The minimum absolute atomic E-state index is 0.272. The SMILES string of the molecule is C1=CCCC(N2c3cccc(-c4cccc(N(c5cc(-c6ccccc6)cc(-c6ccccc6)c5)c5ccc6c7c(ccc6c5)CCC=C7)c4)c3C3C=CC=CC32)=C1. The van der Waals surface area contributed by atoms with Gasteiger partial charge in [-0.05, 0) is 141 Å². The van der Waals surface area contributed by atoms with E-state index in [0.717, 1.165) is 42.7 Å². The van der Waals surface area contributed by atoms with Gasteiger partial charge < -0.3 is 9.80 Å². The second-order valence-electron chi connectivity index (χ2n) is 15.9. The average molecular weight is 745 g/mol. The summed E-state index contributed by atoms with van der Waals surface area (Å²) in [4.78, 5) is 5.07. The van der Waals surface area contributed by atoms with Crippen LogP contribution in [-0.2, 0) is 6.42 Å². The summed E-state index contributed by atoms with van der Waals surface area (Å²) in [7, 11) is 0. The van der Waals surface area contributed by atoms with Gasteiger partial charge in [0.05, 0.1) is 6.04 Å². The van der Waals surface area contributed by atoms with E-state index in [1.54, 1.807) is 0 Å². The van der Waals surface area contributed by atoms with Crippen molar-refractivity contribution in [1.29, 1.82) is 0 Å². The van der Waals surface area contributed by atoms with Gasteiger partial charge in [-0.3, -0.25) is 0 Å². The van der Waals surface area contributed by atoms with Gasteiger partial charge in [0.15, 0.2) is 0 Å². The standard InChI is InChI=1S/C56H44N2/c1-4-16-39(17-5-1)44-34-45(40-18-6-2-7-19-40)38-49(37-44)57(48-32-33-51-43(36-48)31-30-41-20-10-11-25-50(41)51)47-24-14-21-42(35-47)52-27-15-29-55-56(52)53-26-12-13-28-54(53)58(55)46-22-8-3-9-23-46/h1-8,11-19,21-22,24-38,53-54H,9-10,20,23H2. The summed E-state index contributed by atoms with van der Waals surface area (Å²) in [5.74, 6) is 0.277. The first-order valence-corrected chi connectivity index (χ1v) is 20.8. The van der Waals surface area contributed by atoms with E-state index in [2.05, 4.69) is 216 Å². The molecule has 0 amide bonds. The lowest BCUT2D eigenvalue weighted by Crippen LogP contribution is -2.32. The molecule has 3 aliphatic carbocycles. The van der Waals surface area contributed by atoms with Crippen LogP contribution in [0.3, 0.4) is 0 Å². The molecule has 58 heavy (non-hydrogen) atoms. The number of rotatable bonds is 7. The first-order valence-electron chi connectivity index (χ1n) is 20.8. The molecule has 2 nitrogen and oxygen atoms in total. The fourth-order valence-electron chi connectivity index (χ4n) is 9.75. The molecule has 0 saturated heterocycles. The van der Waals surface area contributed by atoms with Crippen molar-refractivity contribution >= 4 is 39.6 Å². The largest absolute Gasteiger partial charge is 0.337 e. The topological polar surface area (TPSA) is 6.48 Å². The zero-order chi connectivity index (χ0) is 38.4. The molecule has 1 aliphatic heterocycles. The van der Waals surface area contributed by atoms with Gasteiger partial charge in [-0.25, -0.2) is 0 Å². The molecule has 2 atom stereocenters. The zero-order valence-corrected chi connectivity index (χ0v) is 32.5. The summed E-state index contributed by atoms with van der Waals surface area (Å²) in [6, 6.07) is 56.8. The molecule has 0 aromatic heterocycles. The molecular formula is C56H44N2. The highest BCUT2D eigenvalue weighted by Crippen LogP contribution is 2.51. The quantitative estimate of drug-likeness (QED) is 0.160. The maximum Gasteiger partial charge on any atom is 0.0626 e. The van der Waals surface area contributed by atoms with Crippen molar-refractivity contribution in [3.63, 3.8) is 0 Å². The number of benzene rings is 7. The molecular weight excluding hydrogens is 701 g/mol. The molecule has 0 fully saturated rings. The van der Waals surface area contributed by atoms with Crippen LogP contribution in [-0.4, -0.2) is 6.04 Å². The van der Waals surface area contributed by atoms with E-state index in [9.17, 15) is 0 Å². The Kier molecular flexibility index (Phi) is 8.62. The van der Waals surface area contributed by atoms with Crippen molar-refractivity contribution in [1.82, 2.24) is 0 Å². The van der Waals surface area contributed by atoms with Gasteiger partial charge in [-0.1, -0.05) is 152 Å². The molecule has 278 valence electrons. The third-order valence-corrected chi connectivity index (χ3v) is 12.4. The molecule has 0 spiro atoms. The fraction of sp³-hybridized carbons (Fsp3) is 0.107. The third-order valence-electron chi connectivity index (χ3n) is 12.4. The summed E-state index contributed by atoms with van der Waals surface area (Å²) < 4.78 is 0. The molecule has 0 radical (unpaired) electrons. The number of fused-ring (bicyclic) bond motifs is 6. The van der Waals surface area contributed by atoms with Crippen LogP contribution in [0, 0.1) is 0 Å². The summed E-state index contributed by atoms with van der Waals surface area (Å²) in [5.41, 5.74) is 17.6. The van der Waals surface area contributed by atoms with Crippen LogP contribution < -0.4 is 9.80 Å². The lowest BCUT2D eigenvalue weighted by atomic mass is 9.86. The van der Waals surface area contributed by atoms with Crippen molar-refractivity contribution < 1.29 is 0 Å². The summed E-state index contributed by atoms with van der Waals surface area (Å²) in [6.45, 7) is 0. The van der Waals surface area contributed by atoms with Gasteiger partial charge >= 0.3 is 0 Å². The second-order valence-corrected chi connectivity index (χ2v) is 15.9. The van der Waals surface area contributed by atoms with E-state index in [4.69, 9.17) is 0 Å². The molecule has 7 aromatic carbocycles. The molecule has 0 N–H and O–H groups in total. The predicted molar refractivity (Wildman–Crippen MR) is 246 cm³/mol. The highest BCUT2D eigenvalue weighted by molar-refractivity contribution is 5.97. The van der Waals surface area contributed by atoms with Gasteiger partial charge in [0.1, 0.15) is 0 Å². The molecule has 0 bridgehead atoms. The Morgan fingerprint density at radius 1 is 0.517 bits per heavy atom. The average Bonchev–Trinajstić information content (AvgIpc) is 3.64. The van der Waals surface area contributed by atoms with Gasteiger partial charge in [-0.15, -0.1) is 0 Å². The number of anilines is 4. The zero-order valence-electron chi connectivity index (χ0n) is 32.5. The first kappa shape index (κ1) is 34.4. The third kappa shape index (κ3) is 6.04. The van der Waals surface area contributed by atoms with E-state index >= 15 is 0 Å². The van der Waals surface area contributed by atoms with Crippen LogP contribution in [0.1, 0.15) is 41.9 Å². The Morgan fingerprint density at radius 3 is 2.03 bits per heavy atom.